The second-order valence-corrected chi connectivity index (χ2v) is 9.34. The van der Waals surface area contributed by atoms with Crippen molar-refractivity contribution < 1.29 is 19.1 Å². The summed E-state index contributed by atoms with van der Waals surface area (Å²) in [5.74, 6) is -1.22. The first-order valence-corrected chi connectivity index (χ1v) is 12.0. The summed E-state index contributed by atoms with van der Waals surface area (Å²) in [6, 6.07) is 12.6. The summed E-state index contributed by atoms with van der Waals surface area (Å²) in [4.78, 5) is 44.7. The van der Waals surface area contributed by atoms with Crippen molar-refractivity contribution in [2.75, 3.05) is 23.5 Å². The number of fused-ring (bicyclic) bond motifs is 3. The zero-order valence-corrected chi connectivity index (χ0v) is 20.6. The molecule has 0 aromatic heterocycles. The number of Topliss-reactive ketones (excluding diaryl/α,β-unsaturated/α-hetero) is 1. The molecule has 0 saturated carbocycles. The maximum Gasteiger partial charge on any atom is 0.339 e. The van der Waals surface area contributed by atoms with E-state index >= 15 is 0 Å². The Balaban J connectivity index is 1.94. The first-order chi connectivity index (χ1) is 16.8. The normalized spacial score (nSPS) is 21.6. The number of nitrogens with zero attached hydrogens (tertiary/aromatic N) is 2. The Hall–Kier alpha value is -3.58. The lowest BCUT2D eigenvalue weighted by Crippen LogP contribution is -2.54. The lowest BCUT2D eigenvalue weighted by Gasteiger charge is -2.45. The second kappa shape index (κ2) is 8.27. The molecule has 8 heteroatoms. The van der Waals surface area contributed by atoms with Crippen LogP contribution >= 0.6 is 11.6 Å². The van der Waals surface area contributed by atoms with Gasteiger partial charge < -0.3 is 15.4 Å². The monoisotopic (exact) mass is 491 g/mol. The molecule has 3 aliphatic rings. The zero-order chi connectivity index (χ0) is 25.1. The highest BCUT2D eigenvalue weighted by Gasteiger charge is 2.63. The van der Waals surface area contributed by atoms with Crippen LogP contribution in [0.15, 0.2) is 65.1 Å². The van der Waals surface area contributed by atoms with Gasteiger partial charge in [-0.15, -0.1) is 0 Å². The van der Waals surface area contributed by atoms with Crippen LogP contribution in [0.2, 0.25) is 5.02 Å². The largest absolute Gasteiger partial charge is 0.462 e. The zero-order valence-electron chi connectivity index (χ0n) is 19.9. The van der Waals surface area contributed by atoms with Gasteiger partial charge in [-0.05, 0) is 50.5 Å². The van der Waals surface area contributed by atoms with E-state index in [1.54, 1.807) is 43.1 Å². The molecule has 1 spiro atoms. The van der Waals surface area contributed by atoms with E-state index in [4.69, 9.17) is 22.1 Å². The summed E-state index contributed by atoms with van der Waals surface area (Å²) in [5.41, 5.74) is 8.62. The Morgan fingerprint density at radius 3 is 2.57 bits per heavy atom. The molecule has 1 aliphatic carbocycles. The summed E-state index contributed by atoms with van der Waals surface area (Å²) in [7, 11) is 1.65. The first kappa shape index (κ1) is 23.2. The lowest BCUT2D eigenvalue weighted by molar-refractivity contribution is -0.140. The van der Waals surface area contributed by atoms with Crippen molar-refractivity contribution in [1.82, 2.24) is 0 Å². The molecule has 2 N–H and O–H groups in total. The summed E-state index contributed by atoms with van der Waals surface area (Å²) in [5, 5.41) is 0.527. The average Bonchev–Trinajstić information content (AvgIpc) is 3.05. The molecule has 0 fully saturated rings. The summed E-state index contributed by atoms with van der Waals surface area (Å²) >= 11 is 6.44. The fraction of sp³-hybridized carbons (Fsp3) is 0.296. The first-order valence-electron chi connectivity index (χ1n) is 11.6. The quantitative estimate of drug-likeness (QED) is 0.649. The van der Waals surface area contributed by atoms with Gasteiger partial charge in [0.25, 0.3) is 0 Å². The standard InChI is InChI=1S/C27H26ClN3O4/c1-4-35-25(33)23-24(29)31(18-12-7-10-17(28)15(18)2)20-13-8-14-21(32)22(20)27(23)16-9-5-6-11-19(16)30(3)26(27)34/h5-7,9-12H,4,8,13-14,29H2,1-3H3. The van der Waals surface area contributed by atoms with Crippen molar-refractivity contribution in [3.63, 3.8) is 0 Å². The maximum absolute atomic E-state index is 14.2. The van der Waals surface area contributed by atoms with Gasteiger partial charge in [0.1, 0.15) is 16.8 Å². The number of halogens is 1. The molecule has 2 heterocycles. The summed E-state index contributed by atoms with van der Waals surface area (Å²) < 4.78 is 5.46. The molecule has 2 aliphatic heterocycles. The van der Waals surface area contributed by atoms with Gasteiger partial charge in [-0.2, -0.15) is 0 Å². The number of carbonyl (C=O) groups excluding carboxylic acids is 3. The minimum atomic E-state index is -1.67. The minimum absolute atomic E-state index is 0.0328. The molecule has 1 amide bonds. The van der Waals surface area contributed by atoms with Crippen LogP contribution in [-0.4, -0.2) is 31.3 Å². The van der Waals surface area contributed by atoms with Crippen molar-refractivity contribution in [2.24, 2.45) is 5.73 Å². The molecule has 0 bridgehead atoms. The van der Waals surface area contributed by atoms with E-state index in [0.29, 0.717) is 46.1 Å². The summed E-state index contributed by atoms with van der Waals surface area (Å²) in [6.45, 7) is 3.64. The third kappa shape index (κ3) is 3.01. The Morgan fingerprint density at radius 2 is 1.83 bits per heavy atom. The van der Waals surface area contributed by atoms with Crippen molar-refractivity contribution in [1.29, 1.82) is 0 Å². The molecule has 0 saturated heterocycles. The van der Waals surface area contributed by atoms with Crippen LogP contribution in [0.1, 0.15) is 37.3 Å². The Kier molecular flexibility index (Phi) is 5.48. The fourth-order valence-corrected chi connectivity index (χ4v) is 5.84. The molecular formula is C27H26ClN3O4. The van der Waals surface area contributed by atoms with E-state index in [0.717, 1.165) is 5.56 Å². The minimum Gasteiger partial charge on any atom is -0.462 e. The number of anilines is 2. The van der Waals surface area contributed by atoms with Gasteiger partial charge in [-0.25, -0.2) is 4.79 Å². The van der Waals surface area contributed by atoms with Crippen LogP contribution < -0.4 is 15.5 Å². The molecule has 7 nitrogen and oxygen atoms in total. The summed E-state index contributed by atoms with van der Waals surface area (Å²) in [6.07, 6.45) is 1.40. The number of benzene rings is 2. The number of allylic oxidation sites excluding steroid dienone is 1. The average molecular weight is 492 g/mol. The van der Waals surface area contributed by atoms with Crippen LogP contribution in [-0.2, 0) is 24.5 Å². The third-order valence-corrected chi connectivity index (χ3v) is 7.57. The highest BCUT2D eigenvalue weighted by Crippen LogP contribution is 2.57. The Bertz CT molecular complexity index is 1360. The van der Waals surface area contributed by atoms with E-state index in [1.807, 2.05) is 25.1 Å². The number of nitrogens with two attached hydrogens (primary N) is 1. The molecule has 1 unspecified atom stereocenters. The number of ether oxygens (including phenoxy) is 1. The van der Waals surface area contributed by atoms with Gasteiger partial charge >= 0.3 is 5.97 Å². The van der Waals surface area contributed by atoms with Crippen molar-refractivity contribution in [2.45, 2.75) is 38.5 Å². The number of likely N-dealkylation sites (N-methyl/N-ethyl adjacent to an activating group) is 1. The fourth-order valence-electron chi connectivity index (χ4n) is 5.67. The molecule has 1 atom stereocenters. The number of amides is 1. The SMILES string of the molecule is CCOC(=O)C1=C(N)N(c2cccc(Cl)c2C)C2=C(C(=O)CCC2)C12C(=O)N(C)c1ccccc12. The highest BCUT2D eigenvalue weighted by atomic mass is 35.5. The van der Waals surface area contributed by atoms with Gasteiger partial charge in [-0.1, -0.05) is 35.9 Å². The maximum atomic E-state index is 14.2. The van der Waals surface area contributed by atoms with Gasteiger partial charge in [-0.3, -0.25) is 14.5 Å². The van der Waals surface area contributed by atoms with E-state index in [1.165, 1.54) is 4.90 Å². The van der Waals surface area contributed by atoms with E-state index in [2.05, 4.69) is 0 Å². The lowest BCUT2D eigenvalue weighted by atomic mass is 9.63. The van der Waals surface area contributed by atoms with Crippen molar-refractivity contribution >= 4 is 40.6 Å². The van der Waals surface area contributed by atoms with E-state index in [-0.39, 0.29) is 30.2 Å². The van der Waals surface area contributed by atoms with Crippen LogP contribution in [0.25, 0.3) is 0 Å². The van der Waals surface area contributed by atoms with Crippen LogP contribution in [0.3, 0.4) is 0 Å². The Morgan fingerprint density at radius 1 is 1.11 bits per heavy atom. The number of rotatable bonds is 3. The Labute approximate surface area is 208 Å². The number of hydrogen-bond donors (Lipinski definition) is 1. The molecule has 180 valence electrons. The predicted octanol–water partition coefficient (Wildman–Crippen LogP) is 4.12. The molecular weight excluding hydrogens is 466 g/mol. The third-order valence-electron chi connectivity index (χ3n) is 7.16. The van der Waals surface area contributed by atoms with Gasteiger partial charge in [0.2, 0.25) is 5.91 Å². The van der Waals surface area contributed by atoms with Crippen molar-refractivity contribution in [3.8, 4) is 0 Å². The molecule has 0 radical (unpaired) electrons. The number of carbonyl (C=O) groups is 3. The predicted molar refractivity (Wildman–Crippen MR) is 134 cm³/mol. The number of para-hydroxylation sites is 1. The molecule has 35 heavy (non-hydrogen) atoms. The van der Waals surface area contributed by atoms with E-state index < -0.39 is 17.3 Å². The smallest absolute Gasteiger partial charge is 0.339 e. The van der Waals surface area contributed by atoms with Gasteiger partial charge in [0, 0.05) is 41.0 Å². The number of esters is 1. The van der Waals surface area contributed by atoms with Gasteiger partial charge in [0.05, 0.1) is 12.3 Å². The van der Waals surface area contributed by atoms with Crippen molar-refractivity contribution in [3.05, 3.63) is 81.3 Å². The van der Waals surface area contributed by atoms with Crippen LogP contribution in [0.5, 0.6) is 0 Å². The number of hydrogen-bond acceptors (Lipinski definition) is 6. The van der Waals surface area contributed by atoms with Crippen LogP contribution in [0.4, 0.5) is 11.4 Å². The topological polar surface area (TPSA) is 92.9 Å². The molecule has 2 aromatic rings. The molecule has 5 rings (SSSR count). The molecule has 2 aromatic carbocycles. The van der Waals surface area contributed by atoms with Crippen LogP contribution in [0, 0.1) is 6.92 Å². The van der Waals surface area contributed by atoms with Gasteiger partial charge in [0.15, 0.2) is 5.78 Å². The van der Waals surface area contributed by atoms with E-state index in [9.17, 15) is 14.4 Å². The second-order valence-electron chi connectivity index (χ2n) is 8.93. The number of ketones is 1. The highest BCUT2D eigenvalue weighted by molar-refractivity contribution is 6.31.